The molecule has 31 heavy (non-hydrogen) atoms. The van der Waals surface area contributed by atoms with Gasteiger partial charge in [0.15, 0.2) is 0 Å². The summed E-state index contributed by atoms with van der Waals surface area (Å²) in [4.78, 5) is 17.2. The van der Waals surface area contributed by atoms with Crippen molar-refractivity contribution in [3.63, 3.8) is 0 Å². The number of ether oxygens (including phenoxy) is 1. The molecule has 1 amide bonds. The lowest BCUT2D eigenvalue weighted by Gasteiger charge is -2.10. The van der Waals surface area contributed by atoms with Crippen LogP contribution in [-0.4, -0.2) is 29.1 Å². The molecule has 1 heterocycles. The second kappa shape index (κ2) is 9.94. The smallest absolute Gasteiger partial charge is 0.224 e. The minimum atomic E-state index is 0.0112. The van der Waals surface area contributed by atoms with Crippen molar-refractivity contribution in [1.29, 1.82) is 0 Å². The molecule has 0 fully saturated rings. The van der Waals surface area contributed by atoms with Gasteiger partial charge in [0.05, 0.1) is 24.6 Å². The third-order valence-electron chi connectivity index (χ3n) is 5.40. The van der Waals surface area contributed by atoms with E-state index >= 15 is 0 Å². The van der Waals surface area contributed by atoms with Crippen LogP contribution in [-0.2, 0) is 30.6 Å². The first kappa shape index (κ1) is 20.7. The van der Waals surface area contributed by atoms with Crippen LogP contribution in [0.4, 0.5) is 0 Å². The topological polar surface area (TPSA) is 56.1 Å². The Morgan fingerprint density at radius 2 is 1.65 bits per heavy atom. The van der Waals surface area contributed by atoms with E-state index in [2.05, 4.69) is 40.2 Å². The number of carbonyl (C=O) groups is 1. The van der Waals surface area contributed by atoms with Gasteiger partial charge in [0.25, 0.3) is 0 Å². The Kier molecular flexibility index (Phi) is 6.62. The van der Waals surface area contributed by atoms with E-state index in [1.165, 1.54) is 5.56 Å². The van der Waals surface area contributed by atoms with Gasteiger partial charge >= 0.3 is 0 Å². The summed E-state index contributed by atoms with van der Waals surface area (Å²) in [7, 11) is 1.63. The quantitative estimate of drug-likeness (QED) is 0.448. The molecular formula is C26H27N3O2. The summed E-state index contributed by atoms with van der Waals surface area (Å²) in [5.74, 6) is 1.80. The zero-order valence-electron chi connectivity index (χ0n) is 17.8. The Hall–Kier alpha value is -3.60. The van der Waals surface area contributed by atoms with Gasteiger partial charge in [0.1, 0.15) is 11.6 Å². The average Bonchev–Trinajstić information content (AvgIpc) is 3.16. The third kappa shape index (κ3) is 5.31. The van der Waals surface area contributed by atoms with Crippen molar-refractivity contribution >= 4 is 16.9 Å². The molecule has 0 unspecified atom stereocenters. The van der Waals surface area contributed by atoms with E-state index in [0.717, 1.165) is 41.1 Å². The van der Waals surface area contributed by atoms with Crippen molar-refractivity contribution in [1.82, 2.24) is 14.9 Å². The summed E-state index contributed by atoms with van der Waals surface area (Å²) in [6, 6.07) is 26.3. The Morgan fingerprint density at radius 3 is 2.42 bits per heavy atom. The zero-order chi connectivity index (χ0) is 21.5. The lowest BCUT2D eigenvalue weighted by atomic mass is 10.1. The highest BCUT2D eigenvalue weighted by Crippen LogP contribution is 2.17. The molecule has 0 saturated heterocycles. The molecule has 0 radical (unpaired) electrons. The number of carbonyl (C=O) groups excluding carboxylic acids is 1. The SMILES string of the molecule is COc1ccc(CC(=O)NCCc2nc3ccccc3n2CCc2ccccc2)cc1. The molecule has 4 rings (SSSR count). The number of imidazole rings is 1. The first-order chi connectivity index (χ1) is 15.2. The van der Waals surface area contributed by atoms with Crippen LogP contribution < -0.4 is 10.1 Å². The molecule has 0 atom stereocenters. The van der Waals surface area contributed by atoms with Crippen molar-refractivity contribution in [2.45, 2.75) is 25.8 Å². The number of nitrogens with zero attached hydrogens (tertiary/aromatic N) is 2. The number of para-hydroxylation sites is 2. The van der Waals surface area contributed by atoms with Crippen molar-refractivity contribution in [2.24, 2.45) is 0 Å². The first-order valence-corrected chi connectivity index (χ1v) is 10.6. The normalized spacial score (nSPS) is 10.9. The number of aromatic nitrogens is 2. The molecule has 4 aromatic rings. The van der Waals surface area contributed by atoms with E-state index in [1.807, 2.05) is 48.5 Å². The summed E-state index contributed by atoms with van der Waals surface area (Å²) in [6.07, 6.45) is 1.99. The van der Waals surface area contributed by atoms with Crippen LogP contribution >= 0.6 is 0 Å². The molecule has 0 aliphatic rings. The number of hydrogen-bond donors (Lipinski definition) is 1. The maximum atomic E-state index is 12.4. The molecule has 1 N–H and O–H groups in total. The second-order valence-electron chi connectivity index (χ2n) is 7.53. The van der Waals surface area contributed by atoms with Crippen LogP contribution in [0.2, 0.25) is 0 Å². The molecular weight excluding hydrogens is 386 g/mol. The lowest BCUT2D eigenvalue weighted by Crippen LogP contribution is -2.28. The summed E-state index contributed by atoms with van der Waals surface area (Å²) in [5, 5.41) is 3.03. The van der Waals surface area contributed by atoms with E-state index in [0.29, 0.717) is 19.4 Å². The molecule has 1 aromatic heterocycles. The average molecular weight is 414 g/mol. The number of methoxy groups -OCH3 is 1. The Bertz CT molecular complexity index is 1130. The number of hydrogen-bond acceptors (Lipinski definition) is 3. The van der Waals surface area contributed by atoms with Gasteiger partial charge in [-0.3, -0.25) is 4.79 Å². The van der Waals surface area contributed by atoms with Gasteiger partial charge in [0.2, 0.25) is 5.91 Å². The van der Waals surface area contributed by atoms with Crippen molar-refractivity contribution in [2.75, 3.05) is 13.7 Å². The number of rotatable bonds is 9. The molecule has 5 nitrogen and oxygen atoms in total. The summed E-state index contributed by atoms with van der Waals surface area (Å²) in [5.41, 5.74) is 4.40. The molecule has 0 spiro atoms. The number of benzene rings is 3. The van der Waals surface area contributed by atoms with Crippen LogP contribution in [0, 0.1) is 0 Å². The predicted molar refractivity (Wildman–Crippen MR) is 123 cm³/mol. The van der Waals surface area contributed by atoms with Crippen LogP contribution in [0.15, 0.2) is 78.9 Å². The van der Waals surface area contributed by atoms with Crippen molar-refractivity contribution in [3.05, 3.63) is 95.8 Å². The molecule has 158 valence electrons. The molecule has 0 bridgehead atoms. The minimum Gasteiger partial charge on any atom is -0.497 e. The molecule has 0 aliphatic heterocycles. The van der Waals surface area contributed by atoms with E-state index in [1.54, 1.807) is 7.11 Å². The van der Waals surface area contributed by atoms with Gasteiger partial charge in [0, 0.05) is 19.5 Å². The predicted octanol–water partition coefficient (Wildman–Crippen LogP) is 4.19. The van der Waals surface area contributed by atoms with Gasteiger partial charge in [-0.1, -0.05) is 54.6 Å². The van der Waals surface area contributed by atoms with Gasteiger partial charge in [-0.2, -0.15) is 0 Å². The van der Waals surface area contributed by atoms with E-state index < -0.39 is 0 Å². The highest BCUT2D eigenvalue weighted by atomic mass is 16.5. The maximum Gasteiger partial charge on any atom is 0.224 e. The fourth-order valence-electron chi connectivity index (χ4n) is 3.76. The zero-order valence-corrected chi connectivity index (χ0v) is 17.8. The summed E-state index contributed by atoms with van der Waals surface area (Å²) < 4.78 is 7.44. The fourth-order valence-corrected chi connectivity index (χ4v) is 3.76. The van der Waals surface area contributed by atoms with Gasteiger partial charge in [-0.25, -0.2) is 4.98 Å². The minimum absolute atomic E-state index is 0.0112. The van der Waals surface area contributed by atoms with Crippen molar-refractivity contribution in [3.8, 4) is 5.75 Å². The third-order valence-corrected chi connectivity index (χ3v) is 5.40. The molecule has 5 heteroatoms. The van der Waals surface area contributed by atoms with Gasteiger partial charge < -0.3 is 14.6 Å². The number of amides is 1. The maximum absolute atomic E-state index is 12.4. The molecule has 0 saturated carbocycles. The van der Waals surface area contributed by atoms with E-state index in [9.17, 15) is 4.79 Å². The number of nitrogens with one attached hydrogen (secondary N) is 1. The van der Waals surface area contributed by atoms with Gasteiger partial charge in [-0.15, -0.1) is 0 Å². The van der Waals surface area contributed by atoms with E-state index in [4.69, 9.17) is 9.72 Å². The monoisotopic (exact) mass is 413 g/mol. The van der Waals surface area contributed by atoms with Gasteiger partial charge in [-0.05, 0) is 41.8 Å². The standard InChI is InChI=1S/C26H27N3O2/c1-31-22-13-11-21(12-14-22)19-26(30)27-17-15-25-28-23-9-5-6-10-24(23)29(25)18-16-20-7-3-2-4-8-20/h2-14H,15-19H2,1H3,(H,27,30). The van der Waals surface area contributed by atoms with Crippen LogP contribution in [0.3, 0.4) is 0 Å². The lowest BCUT2D eigenvalue weighted by molar-refractivity contribution is -0.120. The second-order valence-corrected chi connectivity index (χ2v) is 7.53. The number of fused-ring (bicyclic) bond motifs is 1. The first-order valence-electron chi connectivity index (χ1n) is 10.6. The highest BCUT2D eigenvalue weighted by molar-refractivity contribution is 5.78. The highest BCUT2D eigenvalue weighted by Gasteiger charge is 2.11. The van der Waals surface area contributed by atoms with E-state index in [-0.39, 0.29) is 5.91 Å². The molecule has 0 aliphatic carbocycles. The fraction of sp³-hybridized carbons (Fsp3) is 0.231. The van der Waals surface area contributed by atoms with Crippen LogP contribution in [0.25, 0.3) is 11.0 Å². The Morgan fingerprint density at radius 1 is 0.903 bits per heavy atom. The van der Waals surface area contributed by atoms with Crippen molar-refractivity contribution < 1.29 is 9.53 Å². The Labute approximate surface area is 182 Å². The largest absolute Gasteiger partial charge is 0.497 e. The summed E-state index contributed by atoms with van der Waals surface area (Å²) >= 11 is 0. The van der Waals surface area contributed by atoms with Crippen LogP contribution in [0.5, 0.6) is 5.75 Å². The Balaban J connectivity index is 1.38. The molecule has 3 aromatic carbocycles. The summed E-state index contributed by atoms with van der Waals surface area (Å²) in [6.45, 7) is 1.42. The van der Waals surface area contributed by atoms with Crippen LogP contribution in [0.1, 0.15) is 17.0 Å². The number of aryl methyl sites for hydroxylation is 2.